The lowest BCUT2D eigenvalue weighted by atomic mass is 10.0. The van der Waals surface area contributed by atoms with E-state index >= 15 is 0 Å². The van der Waals surface area contributed by atoms with Gasteiger partial charge in [0.1, 0.15) is 5.82 Å². The average molecular weight is 511 g/mol. The summed E-state index contributed by atoms with van der Waals surface area (Å²) < 4.78 is 7.48. The van der Waals surface area contributed by atoms with Crippen molar-refractivity contribution in [3.05, 3.63) is 71.9 Å². The molecule has 2 aliphatic rings. The van der Waals surface area contributed by atoms with Crippen LogP contribution in [0.25, 0.3) is 21.9 Å². The lowest BCUT2D eigenvalue weighted by Gasteiger charge is -2.27. The SMILES string of the molecule is Cn1ncc(-c2ccc3cnc(CC(=O)c4ccnc(N5CCCCC5)c4)cc3c2)c1CN1CCOCC1. The number of rotatable bonds is 7. The third-order valence-corrected chi connectivity index (χ3v) is 7.72. The summed E-state index contributed by atoms with van der Waals surface area (Å²) in [5.41, 5.74) is 4.92. The Balaban J connectivity index is 1.22. The summed E-state index contributed by atoms with van der Waals surface area (Å²) in [4.78, 5) is 27.0. The van der Waals surface area contributed by atoms with Crippen LogP contribution in [0.1, 0.15) is 41.0 Å². The molecule has 2 saturated heterocycles. The minimum absolute atomic E-state index is 0.0636. The number of ether oxygens (including phenoxy) is 1. The highest BCUT2D eigenvalue weighted by Gasteiger charge is 2.18. The van der Waals surface area contributed by atoms with Crippen molar-refractivity contribution < 1.29 is 9.53 Å². The molecule has 0 aliphatic carbocycles. The second-order valence-corrected chi connectivity index (χ2v) is 10.3. The third-order valence-electron chi connectivity index (χ3n) is 7.72. The minimum atomic E-state index is 0.0636. The zero-order valence-corrected chi connectivity index (χ0v) is 22.0. The van der Waals surface area contributed by atoms with E-state index in [4.69, 9.17) is 4.74 Å². The number of hydrogen-bond acceptors (Lipinski definition) is 7. The van der Waals surface area contributed by atoms with E-state index in [1.807, 2.05) is 42.3 Å². The molecule has 0 unspecified atom stereocenters. The zero-order chi connectivity index (χ0) is 25.9. The molecule has 0 bridgehead atoms. The van der Waals surface area contributed by atoms with Crippen LogP contribution in [0.2, 0.25) is 0 Å². The van der Waals surface area contributed by atoms with Crippen LogP contribution in [0.3, 0.4) is 0 Å². The molecule has 0 spiro atoms. The monoisotopic (exact) mass is 510 g/mol. The number of piperidine rings is 1. The van der Waals surface area contributed by atoms with Gasteiger partial charge >= 0.3 is 0 Å². The van der Waals surface area contributed by atoms with Gasteiger partial charge in [-0.1, -0.05) is 12.1 Å². The lowest BCUT2D eigenvalue weighted by Crippen LogP contribution is -2.36. The number of pyridine rings is 2. The zero-order valence-electron chi connectivity index (χ0n) is 22.0. The normalized spacial score (nSPS) is 16.7. The number of benzene rings is 1. The molecule has 0 radical (unpaired) electrons. The van der Waals surface area contributed by atoms with Gasteiger partial charge in [-0.05, 0) is 54.5 Å². The van der Waals surface area contributed by atoms with E-state index < -0.39 is 0 Å². The van der Waals surface area contributed by atoms with Crippen molar-refractivity contribution in [2.75, 3.05) is 44.3 Å². The Morgan fingerprint density at radius 2 is 1.76 bits per heavy atom. The maximum absolute atomic E-state index is 13.2. The molecule has 8 nitrogen and oxygen atoms in total. The number of hydrogen-bond donors (Lipinski definition) is 0. The Labute approximate surface area is 223 Å². The van der Waals surface area contributed by atoms with Crippen LogP contribution < -0.4 is 4.90 Å². The molecule has 3 aromatic heterocycles. The van der Waals surface area contributed by atoms with Crippen molar-refractivity contribution in [2.45, 2.75) is 32.2 Å². The molecule has 38 heavy (non-hydrogen) atoms. The van der Waals surface area contributed by atoms with Crippen molar-refractivity contribution in [1.29, 1.82) is 0 Å². The van der Waals surface area contributed by atoms with Gasteiger partial charge in [-0.25, -0.2) is 4.98 Å². The fourth-order valence-corrected chi connectivity index (χ4v) is 5.47. The van der Waals surface area contributed by atoms with Gasteiger partial charge in [0.05, 0.1) is 31.5 Å². The average Bonchev–Trinajstić information content (AvgIpc) is 3.33. The van der Waals surface area contributed by atoms with Gasteiger partial charge in [0.25, 0.3) is 0 Å². The highest BCUT2D eigenvalue weighted by molar-refractivity contribution is 5.98. The minimum Gasteiger partial charge on any atom is -0.379 e. The van der Waals surface area contributed by atoms with Crippen LogP contribution >= 0.6 is 0 Å². The predicted octanol–water partition coefficient (Wildman–Crippen LogP) is 4.28. The Kier molecular flexibility index (Phi) is 7.16. The van der Waals surface area contributed by atoms with Crippen LogP contribution in [0, 0.1) is 0 Å². The smallest absolute Gasteiger partial charge is 0.169 e. The van der Waals surface area contributed by atoms with Crippen molar-refractivity contribution in [3.8, 4) is 11.1 Å². The largest absolute Gasteiger partial charge is 0.379 e. The number of aromatic nitrogens is 4. The lowest BCUT2D eigenvalue weighted by molar-refractivity contribution is 0.0332. The number of carbonyl (C=O) groups excluding carboxylic acids is 1. The number of ketones is 1. The van der Waals surface area contributed by atoms with Crippen LogP contribution in [0.5, 0.6) is 0 Å². The molecule has 8 heteroatoms. The van der Waals surface area contributed by atoms with E-state index in [0.717, 1.165) is 79.3 Å². The van der Waals surface area contributed by atoms with Crippen LogP contribution in [0.15, 0.2) is 55.0 Å². The summed E-state index contributed by atoms with van der Waals surface area (Å²) >= 11 is 0. The molecule has 1 aromatic carbocycles. The summed E-state index contributed by atoms with van der Waals surface area (Å²) in [7, 11) is 2.00. The van der Waals surface area contributed by atoms with E-state index in [0.29, 0.717) is 5.56 Å². The van der Waals surface area contributed by atoms with E-state index in [9.17, 15) is 4.79 Å². The summed E-state index contributed by atoms with van der Waals surface area (Å²) in [5.74, 6) is 0.963. The van der Waals surface area contributed by atoms with Crippen LogP contribution in [-0.2, 0) is 24.8 Å². The molecule has 5 heterocycles. The van der Waals surface area contributed by atoms with E-state index in [2.05, 4.69) is 43.1 Å². The molecule has 0 N–H and O–H groups in total. The number of aryl methyl sites for hydroxylation is 1. The first-order valence-corrected chi connectivity index (χ1v) is 13.6. The second-order valence-electron chi connectivity index (χ2n) is 10.3. The van der Waals surface area contributed by atoms with E-state index in [-0.39, 0.29) is 12.2 Å². The molecule has 4 aromatic rings. The van der Waals surface area contributed by atoms with Crippen molar-refractivity contribution in [1.82, 2.24) is 24.6 Å². The fraction of sp³-hybridized carbons (Fsp3) is 0.400. The van der Waals surface area contributed by atoms with E-state index in [1.54, 1.807) is 6.20 Å². The maximum Gasteiger partial charge on any atom is 0.169 e. The van der Waals surface area contributed by atoms with Crippen molar-refractivity contribution in [3.63, 3.8) is 0 Å². The Morgan fingerprint density at radius 3 is 2.61 bits per heavy atom. The molecular formula is C30H34N6O2. The molecular weight excluding hydrogens is 476 g/mol. The number of morpholine rings is 1. The molecule has 2 aliphatic heterocycles. The maximum atomic E-state index is 13.2. The Morgan fingerprint density at radius 1 is 0.921 bits per heavy atom. The topological polar surface area (TPSA) is 76.4 Å². The number of Topliss-reactive ketones (excluding diaryl/α,β-unsaturated/α-hetero) is 1. The number of carbonyl (C=O) groups is 1. The highest BCUT2D eigenvalue weighted by atomic mass is 16.5. The summed E-state index contributed by atoms with van der Waals surface area (Å²) in [6, 6.07) is 12.2. The van der Waals surface area contributed by atoms with Gasteiger partial charge in [0.15, 0.2) is 5.78 Å². The molecule has 0 atom stereocenters. The van der Waals surface area contributed by atoms with Gasteiger partial charge in [-0.2, -0.15) is 5.10 Å². The first-order valence-electron chi connectivity index (χ1n) is 13.6. The molecule has 0 saturated carbocycles. The number of anilines is 1. The van der Waals surface area contributed by atoms with Gasteiger partial charge in [-0.3, -0.25) is 19.4 Å². The highest BCUT2D eigenvalue weighted by Crippen LogP contribution is 2.28. The summed E-state index contributed by atoms with van der Waals surface area (Å²) in [6.07, 6.45) is 9.45. The van der Waals surface area contributed by atoms with Crippen LogP contribution in [0.4, 0.5) is 5.82 Å². The molecule has 6 rings (SSSR count). The Bertz CT molecular complexity index is 1440. The number of nitrogens with zero attached hydrogens (tertiary/aromatic N) is 6. The summed E-state index contributed by atoms with van der Waals surface area (Å²) in [5, 5.41) is 6.69. The van der Waals surface area contributed by atoms with Crippen molar-refractivity contribution in [2.24, 2.45) is 7.05 Å². The van der Waals surface area contributed by atoms with Gasteiger partial charge < -0.3 is 9.64 Å². The second kappa shape index (κ2) is 11.0. The number of fused-ring (bicyclic) bond motifs is 1. The molecule has 196 valence electrons. The van der Waals surface area contributed by atoms with Gasteiger partial charge in [0.2, 0.25) is 0 Å². The summed E-state index contributed by atoms with van der Waals surface area (Å²) in [6.45, 7) is 6.27. The quantitative estimate of drug-likeness (QED) is 0.344. The fourth-order valence-electron chi connectivity index (χ4n) is 5.47. The van der Waals surface area contributed by atoms with Gasteiger partial charge in [-0.15, -0.1) is 0 Å². The standard InChI is InChI=1S/C30H34N6O2/c1-34-28(21-35-11-13-38-14-12-35)27(20-33-34)22-5-6-24-19-32-26(16-25(24)15-22)18-29(37)23-7-8-31-30(17-23)36-9-3-2-4-10-36/h5-8,15-17,19-20H,2-4,9-14,18,21H2,1H3. The Hall–Kier alpha value is -3.62. The molecule has 0 amide bonds. The van der Waals surface area contributed by atoms with E-state index in [1.165, 1.54) is 25.0 Å². The molecule has 2 fully saturated rings. The predicted molar refractivity (Wildman–Crippen MR) is 148 cm³/mol. The first-order chi connectivity index (χ1) is 18.6. The van der Waals surface area contributed by atoms with Crippen LogP contribution in [-0.4, -0.2) is 69.8 Å². The van der Waals surface area contributed by atoms with Crippen molar-refractivity contribution >= 4 is 22.4 Å². The van der Waals surface area contributed by atoms with Gasteiger partial charge in [0, 0.05) is 74.4 Å². The third kappa shape index (κ3) is 5.33. The first kappa shape index (κ1) is 24.7.